The maximum Gasteiger partial charge on any atom is 0.133 e. The maximum atomic E-state index is 13.5. The first-order valence-corrected chi connectivity index (χ1v) is 6.74. The smallest absolute Gasteiger partial charge is 0.133 e. The van der Waals surface area contributed by atoms with Crippen LogP contribution >= 0.6 is 0 Å². The molecule has 1 aromatic carbocycles. The molecule has 0 radical (unpaired) electrons. The van der Waals surface area contributed by atoms with E-state index >= 15 is 0 Å². The van der Waals surface area contributed by atoms with Gasteiger partial charge >= 0.3 is 0 Å². The second-order valence-corrected chi connectivity index (χ2v) is 4.95. The van der Waals surface area contributed by atoms with Crippen molar-refractivity contribution in [2.45, 2.75) is 25.2 Å². The van der Waals surface area contributed by atoms with Crippen molar-refractivity contribution in [3.63, 3.8) is 0 Å². The maximum absolute atomic E-state index is 13.5. The minimum Gasteiger partial charge on any atom is -0.370 e. The molecule has 0 saturated heterocycles. The third-order valence-electron chi connectivity index (χ3n) is 3.36. The second-order valence-electron chi connectivity index (χ2n) is 4.95. The van der Waals surface area contributed by atoms with E-state index in [0.29, 0.717) is 18.3 Å². The van der Waals surface area contributed by atoms with Crippen molar-refractivity contribution in [2.24, 2.45) is 0 Å². The molecule has 0 amide bonds. The fourth-order valence-electron chi connectivity index (χ4n) is 2.10. The fourth-order valence-corrected chi connectivity index (χ4v) is 2.10. The Bertz CT molecular complexity index is 592. The van der Waals surface area contributed by atoms with Gasteiger partial charge in [0.25, 0.3) is 0 Å². The Morgan fingerprint density at radius 3 is 2.60 bits per heavy atom. The zero-order valence-electron chi connectivity index (χ0n) is 10.9. The summed E-state index contributed by atoms with van der Waals surface area (Å²) in [5.41, 5.74) is 0.108. The molecule has 5 heteroatoms. The summed E-state index contributed by atoms with van der Waals surface area (Å²) in [6.07, 6.45) is 4.28. The molecule has 104 valence electrons. The summed E-state index contributed by atoms with van der Waals surface area (Å²) in [5.74, 6) is 1.03. The number of hydrogen-bond donors (Lipinski definition) is 1. The summed E-state index contributed by atoms with van der Waals surface area (Å²) in [6.45, 7) is 0.430. The van der Waals surface area contributed by atoms with Gasteiger partial charge in [0, 0.05) is 24.2 Å². The van der Waals surface area contributed by atoms with Gasteiger partial charge in [-0.05, 0) is 37.5 Å². The lowest BCUT2D eigenvalue weighted by Crippen LogP contribution is -2.09. The summed E-state index contributed by atoms with van der Waals surface area (Å²) in [6, 6.07) is 5.68. The highest BCUT2D eigenvalue weighted by Crippen LogP contribution is 2.37. The molecule has 3 rings (SSSR count). The van der Waals surface area contributed by atoms with Gasteiger partial charge in [-0.3, -0.25) is 0 Å². The van der Waals surface area contributed by atoms with E-state index in [1.165, 1.54) is 18.2 Å². The third-order valence-corrected chi connectivity index (χ3v) is 3.36. The van der Waals surface area contributed by atoms with E-state index in [4.69, 9.17) is 0 Å². The number of aromatic nitrogens is 2. The Morgan fingerprint density at radius 1 is 1.15 bits per heavy atom. The minimum absolute atomic E-state index is 0.108. The summed E-state index contributed by atoms with van der Waals surface area (Å²) in [4.78, 5) is 8.63. The molecule has 1 fully saturated rings. The number of nitrogens with one attached hydrogen (secondary N) is 1. The zero-order chi connectivity index (χ0) is 13.9. The van der Waals surface area contributed by atoms with Crippen LogP contribution in [0.25, 0.3) is 0 Å². The van der Waals surface area contributed by atoms with Gasteiger partial charge in [0.15, 0.2) is 0 Å². The zero-order valence-corrected chi connectivity index (χ0v) is 10.9. The molecule has 0 aliphatic heterocycles. The predicted molar refractivity (Wildman–Crippen MR) is 72.6 cm³/mol. The lowest BCUT2D eigenvalue weighted by atomic mass is 10.1. The van der Waals surface area contributed by atoms with Gasteiger partial charge in [-0.15, -0.1) is 0 Å². The number of anilines is 1. The van der Waals surface area contributed by atoms with Gasteiger partial charge in [0.1, 0.15) is 23.3 Å². The van der Waals surface area contributed by atoms with Crippen LogP contribution < -0.4 is 5.32 Å². The number of benzene rings is 1. The van der Waals surface area contributed by atoms with Crippen molar-refractivity contribution >= 4 is 5.82 Å². The Hall–Kier alpha value is -2.04. The number of nitrogens with zero attached hydrogens (tertiary/aromatic N) is 2. The number of hydrogen-bond acceptors (Lipinski definition) is 3. The third kappa shape index (κ3) is 2.92. The molecule has 3 nitrogen and oxygen atoms in total. The average molecular weight is 275 g/mol. The monoisotopic (exact) mass is 275 g/mol. The average Bonchev–Trinajstić information content (AvgIpc) is 3.27. The molecule has 1 aromatic heterocycles. The Morgan fingerprint density at radius 2 is 1.90 bits per heavy atom. The first-order chi connectivity index (χ1) is 9.74. The summed E-state index contributed by atoms with van der Waals surface area (Å²) < 4.78 is 26.9. The van der Waals surface area contributed by atoms with Crippen molar-refractivity contribution in [1.82, 2.24) is 9.97 Å². The van der Waals surface area contributed by atoms with Crippen LogP contribution in [0.4, 0.5) is 14.6 Å². The molecule has 0 spiro atoms. The lowest BCUT2D eigenvalue weighted by Gasteiger charge is -2.08. The van der Waals surface area contributed by atoms with Gasteiger partial charge in [0.05, 0.1) is 0 Å². The highest BCUT2D eigenvalue weighted by atomic mass is 19.1. The molecule has 20 heavy (non-hydrogen) atoms. The molecule has 0 bridgehead atoms. The van der Waals surface area contributed by atoms with Crippen LogP contribution in [-0.2, 0) is 6.42 Å². The van der Waals surface area contributed by atoms with Crippen LogP contribution in [0.15, 0.2) is 30.5 Å². The normalized spacial score (nSPS) is 14.3. The van der Waals surface area contributed by atoms with Crippen LogP contribution in [0.2, 0.25) is 0 Å². The fraction of sp³-hybridized carbons (Fsp3) is 0.333. The number of rotatable bonds is 5. The first kappa shape index (κ1) is 13.0. The quantitative estimate of drug-likeness (QED) is 0.910. The van der Waals surface area contributed by atoms with Crippen molar-refractivity contribution < 1.29 is 8.78 Å². The molecule has 1 N–H and O–H groups in total. The van der Waals surface area contributed by atoms with Crippen LogP contribution in [0.1, 0.15) is 30.1 Å². The van der Waals surface area contributed by atoms with Crippen molar-refractivity contribution in [1.29, 1.82) is 0 Å². The Kier molecular flexibility index (Phi) is 3.58. The van der Waals surface area contributed by atoms with Crippen LogP contribution in [0.5, 0.6) is 0 Å². The van der Waals surface area contributed by atoms with Crippen LogP contribution in [0, 0.1) is 11.6 Å². The van der Waals surface area contributed by atoms with E-state index in [-0.39, 0.29) is 12.0 Å². The van der Waals surface area contributed by atoms with Gasteiger partial charge < -0.3 is 5.32 Å². The largest absolute Gasteiger partial charge is 0.370 e. The second kappa shape index (κ2) is 5.53. The van der Waals surface area contributed by atoms with E-state index in [0.717, 1.165) is 18.7 Å². The highest BCUT2D eigenvalue weighted by Gasteiger charge is 2.26. The van der Waals surface area contributed by atoms with Crippen molar-refractivity contribution in [3.8, 4) is 0 Å². The van der Waals surface area contributed by atoms with Crippen molar-refractivity contribution in [3.05, 3.63) is 53.5 Å². The molecule has 0 atom stereocenters. The summed E-state index contributed by atoms with van der Waals surface area (Å²) >= 11 is 0. The van der Waals surface area contributed by atoms with Crippen LogP contribution in [-0.4, -0.2) is 16.5 Å². The molecule has 1 aliphatic rings. The van der Waals surface area contributed by atoms with Crippen LogP contribution in [0.3, 0.4) is 0 Å². The Balaban J connectivity index is 1.61. The highest BCUT2D eigenvalue weighted by molar-refractivity contribution is 5.34. The molecule has 1 heterocycles. The molecular formula is C15H15F2N3. The molecule has 0 unspecified atom stereocenters. The Labute approximate surface area is 116 Å². The summed E-state index contributed by atoms with van der Waals surface area (Å²) in [7, 11) is 0. The topological polar surface area (TPSA) is 37.8 Å². The van der Waals surface area contributed by atoms with Crippen molar-refractivity contribution in [2.75, 3.05) is 11.9 Å². The summed E-state index contributed by atoms with van der Waals surface area (Å²) in [5, 5.41) is 3.09. The van der Waals surface area contributed by atoms with E-state index in [2.05, 4.69) is 15.3 Å². The van der Waals surface area contributed by atoms with E-state index in [1.54, 1.807) is 12.3 Å². The standard InChI is InChI=1S/C15H15F2N3/c16-12-2-1-3-13(17)11(12)6-8-18-14-7-9-19-15(20-14)10-4-5-10/h1-3,7,9-10H,4-6,8H2,(H,18,19,20). The number of halogens is 2. The van der Waals surface area contributed by atoms with Gasteiger partial charge in [-0.1, -0.05) is 6.07 Å². The molecule has 2 aromatic rings. The predicted octanol–water partition coefficient (Wildman–Crippen LogP) is 3.29. The molecule has 1 saturated carbocycles. The van der Waals surface area contributed by atoms with Gasteiger partial charge in [0.2, 0.25) is 0 Å². The lowest BCUT2D eigenvalue weighted by molar-refractivity contribution is 0.557. The minimum atomic E-state index is -0.506. The van der Waals surface area contributed by atoms with Gasteiger partial charge in [-0.25, -0.2) is 18.7 Å². The SMILES string of the molecule is Fc1cccc(F)c1CCNc1ccnc(C2CC2)n1. The molecule has 1 aliphatic carbocycles. The van der Waals surface area contributed by atoms with E-state index < -0.39 is 11.6 Å². The molecular weight excluding hydrogens is 260 g/mol. The van der Waals surface area contributed by atoms with E-state index in [9.17, 15) is 8.78 Å². The first-order valence-electron chi connectivity index (χ1n) is 6.74. The van der Waals surface area contributed by atoms with E-state index in [1.807, 2.05) is 0 Å². The van der Waals surface area contributed by atoms with Gasteiger partial charge in [-0.2, -0.15) is 0 Å².